The first-order chi connectivity index (χ1) is 8.95. The van der Waals surface area contributed by atoms with E-state index in [1.807, 2.05) is 0 Å². The topological polar surface area (TPSA) is 95.5 Å². The highest BCUT2D eigenvalue weighted by molar-refractivity contribution is 5.96. The van der Waals surface area contributed by atoms with Crippen molar-refractivity contribution in [3.8, 4) is 0 Å². The summed E-state index contributed by atoms with van der Waals surface area (Å²) in [4.78, 5) is 33.3. The molecule has 1 aromatic rings. The standard InChI is InChI=1S/C13H16N2O4/c1-8(13(18)19)11(16)15-7-9-3-5-10(6-4-9)12(17)14-2/h3-6,8H,7H2,1-2H3,(H,14,17)(H,15,16)(H,18,19). The molecule has 0 aliphatic rings. The summed E-state index contributed by atoms with van der Waals surface area (Å²) >= 11 is 0. The maximum Gasteiger partial charge on any atom is 0.315 e. The molecular formula is C13H16N2O4. The number of aliphatic carboxylic acids is 1. The SMILES string of the molecule is CNC(=O)c1ccc(CNC(=O)C(C)C(=O)O)cc1. The van der Waals surface area contributed by atoms with Gasteiger partial charge >= 0.3 is 5.97 Å². The van der Waals surface area contributed by atoms with Gasteiger partial charge in [-0.2, -0.15) is 0 Å². The lowest BCUT2D eigenvalue weighted by Gasteiger charge is -2.08. The number of carboxylic acids is 1. The minimum Gasteiger partial charge on any atom is -0.481 e. The number of carboxylic acid groups (broad SMARTS) is 1. The summed E-state index contributed by atoms with van der Waals surface area (Å²) in [5.41, 5.74) is 1.31. The lowest BCUT2D eigenvalue weighted by molar-refractivity contribution is -0.146. The van der Waals surface area contributed by atoms with E-state index in [0.717, 1.165) is 5.56 Å². The molecule has 0 radical (unpaired) electrons. The summed E-state index contributed by atoms with van der Waals surface area (Å²) in [6, 6.07) is 6.69. The largest absolute Gasteiger partial charge is 0.481 e. The summed E-state index contributed by atoms with van der Waals surface area (Å²) in [7, 11) is 1.55. The van der Waals surface area contributed by atoms with Crippen LogP contribution in [-0.2, 0) is 16.1 Å². The first-order valence-corrected chi connectivity index (χ1v) is 5.77. The van der Waals surface area contributed by atoms with Crippen molar-refractivity contribution >= 4 is 17.8 Å². The van der Waals surface area contributed by atoms with Crippen LogP contribution in [-0.4, -0.2) is 29.9 Å². The molecule has 19 heavy (non-hydrogen) atoms. The number of amides is 2. The maximum absolute atomic E-state index is 11.4. The van der Waals surface area contributed by atoms with E-state index in [4.69, 9.17) is 5.11 Å². The molecule has 0 aromatic heterocycles. The van der Waals surface area contributed by atoms with E-state index in [2.05, 4.69) is 10.6 Å². The molecule has 1 aromatic carbocycles. The molecule has 0 saturated carbocycles. The lowest BCUT2D eigenvalue weighted by Crippen LogP contribution is -2.33. The van der Waals surface area contributed by atoms with E-state index in [1.54, 1.807) is 31.3 Å². The summed E-state index contributed by atoms with van der Waals surface area (Å²) in [5, 5.41) is 13.7. The Morgan fingerprint density at radius 1 is 1.21 bits per heavy atom. The Labute approximate surface area is 110 Å². The number of rotatable bonds is 5. The zero-order chi connectivity index (χ0) is 14.4. The molecule has 6 nitrogen and oxygen atoms in total. The van der Waals surface area contributed by atoms with Crippen molar-refractivity contribution in [3.05, 3.63) is 35.4 Å². The zero-order valence-corrected chi connectivity index (χ0v) is 10.8. The van der Waals surface area contributed by atoms with E-state index in [-0.39, 0.29) is 12.5 Å². The third-order valence-electron chi connectivity index (χ3n) is 2.67. The monoisotopic (exact) mass is 264 g/mol. The van der Waals surface area contributed by atoms with Gasteiger partial charge in [-0.25, -0.2) is 0 Å². The number of nitrogens with one attached hydrogen (secondary N) is 2. The second-order valence-corrected chi connectivity index (χ2v) is 4.05. The van der Waals surface area contributed by atoms with Crippen molar-refractivity contribution in [2.24, 2.45) is 5.92 Å². The van der Waals surface area contributed by atoms with Crippen molar-refractivity contribution in [2.45, 2.75) is 13.5 Å². The van der Waals surface area contributed by atoms with Gasteiger partial charge in [-0.1, -0.05) is 12.1 Å². The second-order valence-electron chi connectivity index (χ2n) is 4.05. The molecule has 0 heterocycles. The molecule has 0 aliphatic carbocycles. The highest BCUT2D eigenvalue weighted by Crippen LogP contribution is 2.05. The van der Waals surface area contributed by atoms with Crippen molar-refractivity contribution in [1.29, 1.82) is 0 Å². The second kappa shape index (κ2) is 6.53. The third-order valence-corrected chi connectivity index (χ3v) is 2.67. The Kier molecular flexibility index (Phi) is 5.05. The molecule has 102 valence electrons. The van der Waals surface area contributed by atoms with Gasteiger partial charge in [0.25, 0.3) is 5.91 Å². The number of carbonyl (C=O) groups excluding carboxylic acids is 2. The minimum atomic E-state index is -1.16. The fourth-order valence-electron chi connectivity index (χ4n) is 1.37. The predicted molar refractivity (Wildman–Crippen MR) is 68.5 cm³/mol. The van der Waals surface area contributed by atoms with E-state index in [0.29, 0.717) is 5.56 Å². The van der Waals surface area contributed by atoms with Crippen LogP contribution in [0.25, 0.3) is 0 Å². The molecule has 0 bridgehead atoms. The minimum absolute atomic E-state index is 0.185. The van der Waals surface area contributed by atoms with Crippen molar-refractivity contribution in [2.75, 3.05) is 7.05 Å². The van der Waals surface area contributed by atoms with Crippen LogP contribution in [0.4, 0.5) is 0 Å². The Hall–Kier alpha value is -2.37. The van der Waals surface area contributed by atoms with Gasteiger partial charge in [0.15, 0.2) is 0 Å². The Balaban J connectivity index is 2.57. The summed E-state index contributed by atoms with van der Waals surface area (Å²) < 4.78 is 0. The van der Waals surface area contributed by atoms with Gasteiger partial charge in [0, 0.05) is 19.2 Å². The van der Waals surface area contributed by atoms with Crippen molar-refractivity contribution in [3.63, 3.8) is 0 Å². The highest BCUT2D eigenvalue weighted by atomic mass is 16.4. The summed E-state index contributed by atoms with van der Waals surface area (Å²) in [6.45, 7) is 1.55. The molecule has 0 aliphatic heterocycles. The predicted octanol–water partition coefficient (Wildman–Crippen LogP) is 0.383. The fraction of sp³-hybridized carbons (Fsp3) is 0.308. The molecule has 0 fully saturated rings. The van der Waals surface area contributed by atoms with Crippen LogP contribution in [0.2, 0.25) is 0 Å². The average molecular weight is 264 g/mol. The van der Waals surface area contributed by atoms with Gasteiger partial charge in [0.1, 0.15) is 5.92 Å². The van der Waals surface area contributed by atoms with Crippen molar-refractivity contribution in [1.82, 2.24) is 10.6 Å². The number of benzene rings is 1. The summed E-state index contributed by atoms with van der Waals surface area (Å²) in [6.07, 6.45) is 0. The first-order valence-electron chi connectivity index (χ1n) is 5.77. The Morgan fingerprint density at radius 2 is 1.79 bits per heavy atom. The normalized spacial score (nSPS) is 11.5. The smallest absolute Gasteiger partial charge is 0.315 e. The van der Waals surface area contributed by atoms with Crippen LogP contribution in [0, 0.1) is 5.92 Å². The van der Waals surface area contributed by atoms with Crippen LogP contribution in [0.3, 0.4) is 0 Å². The quantitative estimate of drug-likeness (QED) is 0.670. The zero-order valence-electron chi connectivity index (χ0n) is 10.8. The Morgan fingerprint density at radius 3 is 2.26 bits per heavy atom. The van der Waals surface area contributed by atoms with Crippen LogP contribution in [0.15, 0.2) is 24.3 Å². The van der Waals surface area contributed by atoms with Gasteiger partial charge in [-0.3, -0.25) is 14.4 Å². The number of hydrogen-bond acceptors (Lipinski definition) is 3. The van der Waals surface area contributed by atoms with Gasteiger partial charge in [-0.15, -0.1) is 0 Å². The van der Waals surface area contributed by atoms with E-state index in [9.17, 15) is 14.4 Å². The molecule has 3 N–H and O–H groups in total. The molecular weight excluding hydrogens is 248 g/mol. The highest BCUT2D eigenvalue weighted by Gasteiger charge is 2.19. The van der Waals surface area contributed by atoms with Gasteiger partial charge in [0.05, 0.1) is 0 Å². The van der Waals surface area contributed by atoms with Crippen LogP contribution in [0.1, 0.15) is 22.8 Å². The maximum atomic E-state index is 11.4. The van der Waals surface area contributed by atoms with Gasteiger partial charge in [-0.05, 0) is 24.6 Å². The fourth-order valence-corrected chi connectivity index (χ4v) is 1.37. The lowest BCUT2D eigenvalue weighted by atomic mass is 10.1. The first kappa shape index (κ1) is 14.7. The van der Waals surface area contributed by atoms with Crippen LogP contribution < -0.4 is 10.6 Å². The molecule has 2 amide bonds. The van der Waals surface area contributed by atoms with Crippen LogP contribution >= 0.6 is 0 Å². The molecule has 6 heteroatoms. The summed E-state index contributed by atoms with van der Waals surface area (Å²) in [5.74, 6) is -2.96. The number of hydrogen-bond donors (Lipinski definition) is 3. The van der Waals surface area contributed by atoms with E-state index in [1.165, 1.54) is 6.92 Å². The number of carbonyl (C=O) groups is 3. The average Bonchev–Trinajstić information content (AvgIpc) is 2.43. The Bertz CT molecular complexity index is 482. The molecule has 1 rings (SSSR count). The van der Waals surface area contributed by atoms with Gasteiger partial charge < -0.3 is 15.7 Å². The molecule has 1 atom stereocenters. The van der Waals surface area contributed by atoms with E-state index >= 15 is 0 Å². The van der Waals surface area contributed by atoms with Crippen LogP contribution in [0.5, 0.6) is 0 Å². The van der Waals surface area contributed by atoms with Crippen molar-refractivity contribution < 1.29 is 19.5 Å². The third kappa shape index (κ3) is 4.09. The molecule has 0 saturated heterocycles. The molecule has 0 spiro atoms. The molecule has 1 unspecified atom stereocenters. The van der Waals surface area contributed by atoms with E-state index < -0.39 is 17.8 Å². The van der Waals surface area contributed by atoms with Gasteiger partial charge in [0.2, 0.25) is 5.91 Å².